The van der Waals surface area contributed by atoms with E-state index in [1.54, 1.807) is 0 Å². The Bertz CT molecular complexity index is 491. The summed E-state index contributed by atoms with van der Waals surface area (Å²) in [5.74, 6) is -2.97. The van der Waals surface area contributed by atoms with Crippen molar-refractivity contribution in [3.63, 3.8) is 0 Å². The Morgan fingerprint density at radius 2 is 1.92 bits per heavy atom. The van der Waals surface area contributed by atoms with Crippen molar-refractivity contribution in [2.45, 2.75) is 45.3 Å². The van der Waals surface area contributed by atoms with Crippen LogP contribution in [0.5, 0.6) is 0 Å². The van der Waals surface area contributed by atoms with Crippen molar-refractivity contribution in [2.24, 2.45) is 5.92 Å². The molecule has 3 N–H and O–H groups in total. The second-order valence-electron chi connectivity index (χ2n) is 5.75. The lowest BCUT2D eigenvalue weighted by atomic mass is 10.0. The topological polar surface area (TPSA) is 95.9 Å². The zero-order valence-electron chi connectivity index (χ0n) is 14.1. The summed E-state index contributed by atoms with van der Waals surface area (Å²) in [5, 5.41) is 21.7. The molecule has 0 aromatic heterocycles. The first-order valence-corrected chi connectivity index (χ1v) is 8.36. The molecule has 134 valence electrons. The molecule has 0 radical (unpaired) electrons. The first kappa shape index (κ1) is 20.1. The normalized spacial score (nSPS) is 13.2. The number of carbonyl (C=O) groups excluding carboxylic acids is 1. The molecule has 0 aliphatic carbocycles. The Labute approximate surface area is 142 Å². The summed E-state index contributed by atoms with van der Waals surface area (Å²) in [5.41, 5.74) is 0.827. The average molecular weight is 337 g/mol. The van der Waals surface area contributed by atoms with Gasteiger partial charge in [0.25, 0.3) is 0 Å². The maximum atomic E-state index is 12.0. The summed E-state index contributed by atoms with van der Waals surface area (Å²) in [6.45, 7) is 3.20. The number of hydrogen-bond donors (Lipinski definition) is 3. The number of carbonyl (C=O) groups is 2. The number of nitrogens with one attached hydrogen (secondary N) is 1. The van der Waals surface area contributed by atoms with Gasteiger partial charge in [-0.05, 0) is 31.4 Å². The Morgan fingerprint density at radius 3 is 2.54 bits per heavy atom. The zero-order chi connectivity index (χ0) is 17.8. The molecular weight excluding hydrogens is 310 g/mol. The maximum absolute atomic E-state index is 12.0. The number of aliphatic hydroxyl groups excluding tert-OH is 1. The third kappa shape index (κ3) is 8.08. The molecule has 0 bridgehead atoms. The molecule has 1 aromatic rings. The average Bonchev–Trinajstić information content (AvgIpc) is 2.59. The molecule has 0 saturated carbocycles. The van der Waals surface area contributed by atoms with E-state index in [0.29, 0.717) is 25.9 Å². The third-order valence-corrected chi connectivity index (χ3v) is 3.75. The van der Waals surface area contributed by atoms with Crippen LogP contribution < -0.4 is 5.32 Å². The predicted molar refractivity (Wildman–Crippen MR) is 90.4 cm³/mol. The number of aliphatic carboxylic acids is 1. The maximum Gasteiger partial charge on any atom is 0.320 e. The van der Waals surface area contributed by atoms with Gasteiger partial charge < -0.3 is 20.3 Å². The summed E-state index contributed by atoms with van der Waals surface area (Å²) in [6.07, 6.45) is 1.94. The van der Waals surface area contributed by atoms with Crippen LogP contribution in [0.2, 0.25) is 0 Å². The van der Waals surface area contributed by atoms with Gasteiger partial charge >= 0.3 is 11.9 Å². The van der Waals surface area contributed by atoms with Gasteiger partial charge in [0.2, 0.25) is 0 Å². The molecular formula is C18H27NO5. The first-order chi connectivity index (χ1) is 11.5. The van der Waals surface area contributed by atoms with Crippen molar-refractivity contribution in [3.05, 3.63) is 35.9 Å². The lowest BCUT2D eigenvalue weighted by molar-refractivity contribution is -0.160. The Balaban J connectivity index is 2.27. The van der Waals surface area contributed by atoms with Gasteiger partial charge in [-0.25, -0.2) is 0 Å². The van der Waals surface area contributed by atoms with Gasteiger partial charge in [0.15, 0.2) is 5.92 Å². The third-order valence-electron chi connectivity index (χ3n) is 3.75. The molecule has 0 fully saturated rings. The van der Waals surface area contributed by atoms with Crippen LogP contribution >= 0.6 is 0 Å². The minimum absolute atomic E-state index is 0.0832. The van der Waals surface area contributed by atoms with Crippen LogP contribution in [-0.4, -0.2) is 41.3 Å². The van der Waals surface area contributed by atoms with Crippen LogP contribution in [0.15, 0.2) is 30.3 Å². The molecule has 0 aliphatic heterocycles. The van der Waals surface area contributed by atoms with Crippen molar-refractivity contribution in [1.82, 2.24) is 5.32 Å². The number of carboxylic acids is 1. The van der Waals surface area contributed by atoms with Crippen LogP contribution in [0.3, 0.4) is 0 Å². The molecule has 6 nitrogen and oxygen atoms in total. The van der Waals surface area contributed by atoms with Gasteiger partial charge in [0.1, 0.15) is 6.61 Å². The highest BCUT2D eigenvalue weighted by Crippen LogP contribution is 2.12. The van der Waals surface area contributed by atoms with E-state index in [-0.39, 0.29) is 19.1 Å². The van der Waals surface area contributed by atoms with Crippen LogP contribution in [0.25, 0.3) is 0 Å². The lowest BCUT2D eigenvalue weighted by Gasteiger charge is -2.13. The predicted octanol–water partition coefficient (Wildman–Crippen LogP) is 1.96. The number of unbranched alkanes of at least 4 members (excludes halogenated alkanes) is 1. The number of benzene rings is 1. The number of rotatable bonds is 12. The van der Waals surface area contributed by atoms with E-state index < -0.39 is 17.9 Å². The van der Waals surface area contributed by atoms with Crippen molar-refractivity contribution in [2.75, 3.05) is 13.1 Å². The van der Waals surface area contributed by atoms with E-state index in [1.165, 1.54) is 0 Å². The molecule has 0 saturated heterocycles. The second kappa shape index (κ2) is 11.6. The van der Waals surface area contributed by atoms with Gasteiger partial charge in [0, 0.05) is 6.54 Å². The molecule has 2 unspecified atom stereocenters. The van der Waals surface area contributed by atoms with Gasteiger partial charge in [-0.1, -0.05) is 43.7 Å². The summed E-state index contributed by atoms with van der Waals surface area (Å²) in [7, 11) is 0. The Hall–Kier alpha value is -1.92. The summed E-state index contributed by atoms with van der Waals surface area (Å²) < 4.78 is 5.11. The molecule has 24 heavy (non-hydrogen) atoms. The van der Waals surface area contributed by atoms with Crippen molar-refractivity contribution >= 4 is 11.9 Å². The molecule has 1 aromatic carbocycles. The highest BCUT2D eigenvalue weighted by atomic mass is 16.5. The van der Waals surface area contributed by atoms with Crippen molar-refractivity contribution in [1.29, 1.82) is 0 Å². The molecule has 0 amide bonds. The van der Waals surface area contributed by atoms with Gasteiger partial charge in [0.05, 0.1) is 6.10 Å². The van der Waals surface area contributed by atoms with Crippen molar-refractivity contribution in [3.8, 4) is 0 Å². The number of ether oxygens (including phenoxy) is 1. The van der Waals surface area contributed by atoms with E-state index >= 15 is 0 Å². The fourth-order valence-electron chi connectivity index (χ4n) is 2.18. The molecule has 2 atom stereocenters. The summed E-state index contributed by atoms with van der Waals surface area (Å²) in [4.78, 5) is 23.2. The zero-order valence-corrected chi connectivity index (χ0v) is 14.1. The lowest BCUT2D eigenvalue weighted by Crippen LogP contribution is -2.28. The fourth-order valence-corrected chi connectivity index (χ4v) is 2.18. The SMILES string of the molecule is CCC(O)CNCCCCC(C(=O)O)C(=O)OCc1ccccc1. The van der Waals surface area contributed by atoms with Crippen LogP contribution in [-0.2, 0) is 20.9 Å². The minimum atomic E-state index is -1.15. The number of carboxylic acid groups (broad SMARTS) is 1. The number of aliphatic hydroxyl groups is 1. The molecule has 0 aliphatic rings. The fraction of sp³-hybridized carbons (Fsp3) is 0.556. The van der Waals surface area contributed by atoms with Crippen LogP contribution in [0.1, 0.15) is 38.2 Å². The first-order valence-electron chi connectivity index (χ1n) is 8.36. The standard InChI is InChI=1S/C18H27NO5/c1-2-15(20)12-19-11-7-6-10-16(17(21)22)18(23)24-13-14-8-4-3-5-9-14/h3-5,8-9,15-16,19-20H,2,6-7,10-13H2,1H3,(H,21,22). The van der Waals surface area contributed by atoms with Crippen LogP contribution in [0.4, 0.5) is 0 Å². The highest BCUT2D eigenvalue weighted by molar-refractivity contribution is 5.93. The van der Waals surface area contributed by atoms with E-state index in [0.717, 1.165) is 12.0 Å². The quantitative estimate of drug-likeness (QED) is 0.306. The summed E-state index contributed by atoms with van der Waals surface area (Å²) >= 11 is 0. The van der Waals surface area contributed by atoms with E-state index in [4.69, 9.17) is 4.74 Å². The molecule has 0 spiro atoms. The number of esters is 1. The van der Waals surface area contributed by atoms with E-state index in [9.17, 15) is 19.8 Å². The summed E-state index contributed by atoms with van der Waals surface area (Å²) in [6, 6.07) is 9.17. The van der Waals surface area contributed by atoms with Crippen molar-refractivity contribution < 1.29 is 24.5 Å². The highest BCUT2D eigenvalue weighted by Gasteiger charge is 2.27. The second-order valence-corrected chi connectivity index (χ2v) is 5.75. The largest absolute Gasteiger partial charge is 0.481 e. The van der Waals surface area contributed by atoms with E-state index in [2.05, 4.69) is 5.32 Å². The molecule has 0 heterocycles. The number of hydrogen-bond acceptors (Lipinski definition) is 5. The van der Waals surface area contributed by atoms with Gasteiger partial charge in [-0.2, -0.15) is 0 Å². The Kier molecular flexibility index (Phi) is 9.72. The smallest absolute Gasteiger partial charge is 0.320 e. The van der Waals surface area contributed by atoms with Gasteiger partial charge in [-0.3, -0.25) is 9.59 Å². The monoisotopic (exact) mass is 337 g/mol. The van der Waals surface area contributed by atoms with Gasteiger partial charge in [-0.15, -0.1) is 0 Å². The minimum Gasteiger partial charge on any atom is -0.481 e. The molecule has 1 rings (SSSR count). The van der Waals surface area contributed by atoms with Crippen LogP contribution in [0, 0.1) is 5.92 Å². The van der Waals surface area contributed by atoms with E-state index in [1.807, 2.05) is 37.3 Å². The Morgan fingerprint density at radius 1 is 1.21 bits per heavy atom. The molecule has 6 heteroatoms.